The summed E-state index contributed by atoms with van der Waals surface area (Å²) >= 11 is 0. The van der Waals surface area contributed by atoms with Crippen LogP contribution in [-0.4, -0.2) is 23.9 Å². The molecule has 0 bridgehead atoms. The van der Waals surface area contributed by atoms with Crippen LogP contribution in [-0.2, 0) is 11.2 Å². The van der Waals surface area contributed by atoms with Crippen LogP contribution in [0.25, 0.3) is 0 Å². The average molecular weight is 313 g/mol. The second-order valence-electron chi connectivity index (χ2n) is 6.15. The molecular formula is C16H18F3NO2. The maximum absolute atomic E-state index is 12.4. The van der Waals surface area contributed by atoms with Crippen molar-refractivity contribution >= 4 is 11.8 Å². The summed E-state index contributed by atoms with van der Waals surface area (Å²) in [5.74, 6) is 0. The van der Waals surface area contributed by atoms with Crippen molar-refractivity contribution in [1.82, 2.24) is 0 Å². The number of amides is 1. The van der Waals surface area contributed by atoms with Crippen molar-refractivity contribution in [1.29, 1.82) is 0 Å². The average Bonchev–Trinajstić information content (AvgIpc) is 2.71. The first-order valence-electron chi connectivity index (χ1n) is 6.93. The van der Waals surface area contributed by atoms with Gasteiger partial charge in [0.2, 0.25) is 0 Å². The molecule has 1 aliphatic heterocycles. The molecule has 2 rings (SSSR count). The van der Waals surface area contributed by atoms with Gasteiger partial charge in [-0.3, -0.25) is 4.90 Å². The number of nitrogens with zero attached hydrogens (tertiary/aromatic N) is 1. The lowest BCUT2D eigenvalue weighted by atomic mass is 10.1. The van der Waals surface area contributed by atoms with Gasteiger partial charge in [-0.05, 0) is 38.8 Å². The fourth-order valence-corrected chi connectivity index (χ4v) is 2.33. The molecular weight excluding hydrogens is 295 g/mol. The van der Waals surface area contributed by atoms with E-state index in [0.29, 0.717) is 12.1 Å². The van der Waals surface area contributed by atoms with Crippen LogP contribution in [0.3, 0.4) is 0 Å². The van der Waals surface area contributed by atoms with E-state index in [1.165, 1.54) is 4.90 Å². The third-order valence-corrected chi connectivity index (χ3v) is 3.11. The van der Waals surface area contributed by atoms with Crippen LogP contribution in [0.15, 0.2) is 36.4 Å². The molecule has 0 aromatic heterocycles. The lowest BCUT2D eigenvalue weighted by Gasteiger charge is -2.28. The van der Waals surface area contributed by atoms with Crippen LogP contribution in [0.5, 0.6) is 0 Å². The highest BCUT2D eigenvalue weighted by atomic mass is 19.4. The van der Waals surface area contributed by atoms with Crippen molar-refractivity contribution in [3.63, 3.8) is 0 Å². The third kappa shape index (κ3) is 4.02. The number of fused-ring (bicyclic) bond motifs is 1. The molecule has 0 unspecified atom stereocenters. The molecule has 0 spiro atoms. The number of carbonyl (C=O) groups is 1. The van der Waals surface area contributed by atoms with Crippen LogP contribution in [0, 0.1) is 0 Å². The van der Waals surface area contributed by atoms with E-state index in [-0.39, 0.29) is 6.08 Å². The first-order chi connectivity index (χ1) is 10.1. The molecule has 22 heavy (non-hydrogen) atoms. The maximum atomic E-state index is 12.4. The summed E-state index contributed by atoms with van der Waals surface area (Å²) < 4.78 is 42.6. The van der Waals surface area contributed by atoms with Gasteiger partial charge in [-0.2, -0.15) is 13.2 Å². The molecule has 1 aromatic rings. The second kappa shape index (κ2) is 5.66. The van der Waals surface area contributed by atoms with Crippen molar-refractivity contribution in [3.05, 3.63) is 42.0 Å². The number of alkyl halides is 3. The van der Waals surface area contributed by atoms with E-state index >= 15 is 0 Å². The Labute approximate surface area is 127 Å². The Hall–Kier alpha value is -1.98. The van der Waals surface area contributed by atoms with Gasteiger partial charge in [0.05, 0.1) is 11.7 Å². The number of carbonyl (C=O) groups excluding carboxylic acids is 1. The molecule has 1 heterocycles. The number of anilines is 1. The van der Waals surface area contributed by atoms with Gasteiger partial charge in [0.15, 0.2) is 0 Å². The minimum Gasteiger partial charge on any atom is -0.443 e. The SMILES string of the molecule is CC(C)(C)OC(=O)N1c2ccccc2C[C@H]1/C=C/C(F)(F)F. The highest BCUT2D eigenvalue weighted by Crippen LogP contribution is 2.34. The number of ether oxygens (including phenoxy) is 1. The largest absolute Gasteiger partial charge is 0.443 e. The molecule has 1 amide bonds. The van der Waals surface area contributed by atoms with E-state index < -0.39 is 23.9 Å². The van der Waals surface area contributed by atoms with Gasteiger partial charge < -0.3 is 4.74 Å². The van der Waals surface area contributed by atoms with Gasteiger partial charge >= 0.3 is 12.3 Å². The highest BCUT2D eigenvalue weighted by molar-refractivity contribution is 5.92. The molecule has 0 N–H and O–H groups in total. The van der Waals surface area contributed by atoms with Crippen LogP contribution in [0.4, 0.5) is 23.7 Å². The molecule has 0 fully saturated rings. The summed E-state index contributed by atoms with van der Waals surface area (Å²) in [6.45, 7) is 5.15. The van der Waals surface area contributed by atoms with E-state index in [4.69, 9.17) is 4.74 Å². The third-order valence-electron chi connectivity index (χ3n) is 3.11. The van der Waals surface area contributed by atoms with E-state index in [2.05, 4.69) is 0 Å². The second-order valence-corrected chi connectivity index (χ2v) is 6.15. The van der Waals surface area contributed by atoms with Crippen LogP contribution in [0.1, 0.15) is 26.3 Å². The van der Waals surface area contributed by atoms with Crippen molar-refractivity contribution in [2.45, 2.75) is 45.0 Å². The van der Waals surface area contributed by atoms with Gasteiger partial charge in [0.1, 0.15) is 5.60 Å². The highest BCUT2D eigenvalue weighted by Gasteiger charge is 2.36. The first-order valence-corrected chi connectivity index (χ1v) is 6.93. The fraction of sp³-hybridized carbons (Fsp3) is 0.438. The molecule has 0 aliphatic carbocycles. The predicted molar refractivity (Wildman–Crippen MR) is 77.8 cm³/mol. The summed E-state index contributed by atoms with van der Waals surface area (Å²) in [7, 11) is 0. The number of rotatable bonds is 1. The minimum atomic E-state index is -4.41. The number of benzene rings is 1. The molecule has 0 radical (unpaired) electrons. The van der Waals surface area contributed by atoms with Crippen molar-refractivity contribution < 1.29 is 22.7 Å². The molecule has 0 saturated carbocycles. The first kappa shape index (κ1) is 16.4. The lowest BCUT2D eigenvalue weighted by Crippen LogP contribution is -2.40. The molecule has 3 nitrogen and oxygen atoms in total. The normalized spacial score (nSPS) is 18.6. The monoisotopic (exact) mass is 313 g/mol. The lowest BCUT2D eigenvalue weighted by molar-refractivity contribution is -0.0801. The molecule has 1 aliphatic rings. The zero-order chi connectivity index (χ0) is 16.5. The quantitative estimate of drug-likeness (QED) is 0.716. The number of halogens is 3. The van der Waals surface area contributed by atoms with E-state index in [9.17, 15) is 18.0 Å². The number of hydrogen-bond acceptors (Lipinski definition) is 2. The summed E-state index contributed by atoms with van der Waals surface area (Å²) in [5, 5.41) is 0. The summed E-state index contributed by atoms with van der Waals surface area (Å²) in [6, 6.07) is 6.34. The van der Waals surface area contributed by atoms with E-state index in [1.54, 1.807) is 45.0 Å². The zero-order valence-electron chi connectivity index (χ0n) is 12.6. The Morgan fingerprint density at radius 3 is 2.50 bits per heavy atom. The van der Waals surface area contributed by atoms with Crippen LogP contribution >= 0.6 is 0 Å². The van der Waals surface area contributed by atoms with Crippen LogP contribution in [0.2, 0.25) is 0 Å². The molecule has 1 aromatic carbocycles. The number of hydrogen-bond donors (Lipinski definition) is 0. The Morgan fingerprint density at radius 1 is 1.27 bits per heavy atom. The Kier molecular flexibility index (Phi) is 4.22. The Morgan fingerprint density at radius 2 is 1.91 bits per heavy atom. The van der Waals surface area contributed by atoms with Crippen molar-refractivity contribution in [3.8, 4) is 0 Å². The number of allylic oxidation sites excluding steroid dienone is 1. The summed E-state index contributed by atoms with van der Waals surface area (Å²) in [6.07, 6.45) is -3.55. The number of para-hydroxylation sites is 1. The topological polar surface area (TPSA) is 29.5 Å². The van der Waals surface area contributed by atoms with Gasteiger partial charge in [0.25, 0.3) is 0 Å². The van der Waals surface area contributed by atoms with Crippen LogP contribution < -0.4 is 4.90 Å². The Balaban J connectivity index is 2.31. The van der Waals surface area contributed by atoms with Gasteiger partial charge in [-0.1, -0.05) is 24.3 Å². The smallest absolute Gasteiger partial charge is 0.415 e. The van der Waals surface area contributed by atoms with Gasteiger partial charge in [-0.25, -0.2) is 4.79 Å². The van der Waals surface area contributed by atoms with Crippen molar-refractivity contribution in [2.75, 3.05) is 4.90 Å². The minimum absolute atomic E-state index is 0.168. The van der Waals surface area contributed by atoms with E-state index in [1.807, 2.05) is 0 Å². The molecule has 1 atom stereocenters. The fourth-order valence-electron chi connectivity index (χ4n) is 2.33. The Bertz CT molecular complexity index is 588. The summed E-state index contributed by atoms with van der Waals surface area (Å²) in [5.41, 5.74) is 0.700. The van der Waals surface area contributed by atoms with Crippen molar-refractivity contribution in [2.24, 2.45) is 0 Å². The van der Waals surface area contributed by atoms with Gasteiger partial charge in [-0.15, -0.1) is 0 Å². The zero-order valence-corrected chi connectivity index (χ0v) is 12.6. The van der Waals surface area contributed by atoms with Gasteiger partial charge in [0, 0.05) is 6.08 Å². The molecule has 6 heteroatoms. The standard InChI is InChI=1S/C16H18F3NO2/c1-15(2,3)22-14(21)20-12(8-9-16(17,18)19)10-11-6-4-5-7-13(11)20/h4-9,12H,10H2,1-3H3/b9-8+/t12-/m1/s1. The maximum Gasteiger partial charge on any atom is 0.415 e. The molecule has 0 saturated heterocycles. The summed E-state index contributed by atoms with van der Waals surface area (Å²) in [4.78, 5) is 13.6. The molecule has 120 valence electrons. The van der Waals surface area contributed by atoms with E-state index in [0.717, 1.165) is 11.6 Å². The predicted octanol–water partition coefficient (Wildman–Crippen LogP) is 4.47.